The molecule has 2 heterocycles. The minimum Gasteiger partial charge on any atom is -0.433 e. The molecular formula is C15H28N2O3. The van der Waals surface area contributed by atoms with Crippen LogP contribution in [0.4, 0.5) is 4.79 Å². The van der Waals surface area contributed by atoms with E-state index in [1.165, 1.54) is 38.5 Å². The van der Waals surface area contributed by atoms with Crippen LogP contribution in [0, 0.1) is 0 Å². The summed E-state index contributed by atoms with van der Waals surface area (Å²) in [4.78, 5) is 16.1. The molecule has 2 fully saturated rings. The molecule has 2 aliphatic heterocycles. The lowest BCUT2D eigenvalue weighted by Crippen LogP contribution is -2.34. The predicted octanol–water partition coefficient (Wildman–Crippen LogP) is 2.11. The van der Waals surface area contributed by atoms with Crippen molar-refractivity contribution in [1.82, 2.24) is 9.80 Å². The minimum absolute atomic E-state index is 0.447. The fourth-order valence-corrected chi connectivity index (χ4v) is 2.92. The molecule has 0 aromatic heterocycles. The van der Waals surface area contributed by atoms with Crippen LogP contribution in [-0.4, -0.2) is 68.4 Å². The van der Waals surface area contributed by atoms with Gasteiger partial charge < -0.3 is 9.47 Å². The first-order valence-electron chi connectivity index (χ1n) is 8.09. The van der Waals surface area contributed by atoms with Gasteiger partial charge in [-0.1, -0.05) is 12.8 Å². The van der Waals surface area contributed by atoms with Gasteiger partial charge in [-0.3, -0.25) is 9.80 Å². The van der Waals surface area contributed by atoms with Crippen molar-refractivity contribution in [3.8, 4) is 0 Å². The van der Waals surface area contributed by atoms with Gasteiger partial charge in [0.05, 0.1) is 0 Å². The minimum atomic E-state index is -0.515. The molecule has 0 aromatic carbocycles. The van der Waals surface area contributed by atoms with E-state index in [4.69, 9.17) is 9.47 Å². The summed E-state index contributed by atoms with van der Waals surface area (Å²) in [6.45, 7) is 7.09. The highest BCUT2D eigenvalue weighted by Gasteiger charge is 2.12. The van der Waals surface area contributed by atoms with Gasteiger partial charge in [-0.2, -0.15) is 0 Å². The van der Waals surface area contributed by atoms with Crippen molar-refractivity contribution in [3.63, 3.8) is 0 Å². The van der Waals surface area contributed by atoms with Gasteiger partial charge >= 0.3 is 6.16 Å². The highest BCUT2D eigenvalue weighted by molar-refractivity contribution is 5.59. The first-order chi connectivity index (χ1) is 9.84. The zero-order chi connectivity index (χ0) is 14.0. The smallest absolute Gasteiger partial charge is 0.433 e. The van der Waals surface area contributed by atoms with Crippen molar-refractivity contribution in [3.05, 3.63) is 0 Å². The van der Waals surface area contributed by atoms with E-state index in [2.05, 4.69) is 9.80 Å². The summed E-state index contributed by atoms with van der Waals surface area (Å²) in [5, 5.41) is 0. The molecule has 116 valence electrons. The molecule has 0 radical (unpaired) electrons. The van der Waals surface area contributed by atoms with E-state index in [9.17, 15) is 4.79 Å². The van der Waals surface area contributed by atoms with Crippen LogP contribution < -0.4 is 0 Å². The lowest BCUT2D eigenvalue weighted by Gasteiger charge is -2.26. The van der Waals surface area contributed by atoms with Gasteiger partial charge in [0.1, 0.15) is 13.2 Å². The van der Waals surface area contributed by atoms with E-state index in [-0.39, 0.29) is 0 Å². The van der Waals surface area contributed by atoms with Crippen LogP contribution in [0.2, 0.25) is 0 Å². The highest BCUT2D eigenvalue weighted by atomic mass is 16.7. The third-order valence-electron chi connectivity index (χ3n) is 4.15. The largest absolute Gasteiger partial charge is 0.508 e. The molecule has 2 saturated heterocycles. The van der Waals surface area contributed by atoms with Gasteiger partial charge in [0.15, 0.2) is 0 Å². The van der Waals surface area contributed by atoms with E-state index >= 15 is 0 Å². The number of likely N-dealkylation sites (tertiary alicyclic amines) is 2. The molecule has 2 aliphatic rings. The maximum atomic E-state index is 11.4. The SMILES string of the molecule is O=C(OCCN1CCCCC1)OCCN1CCCCC1. The standard InChI is InChI=1S/C15H28N2O3/c18-15(19-13-11-16-7-3-1-4-8-16)20-14-12-17-9-5-2-6-10-17/h1-14H2. The van der Waals surface area contributed by atoms with E-state index < -0.39 is 6.16 Å². The third-order valence-corrected chi connectivity index (χ3v) is 4.15. The van der Waals surface area contributed by atoms with Gasteiger partial charge in [-0.25, -0.2) is 4.79 Å². The number of carbonyl (C=O) groups is 1. The average molecular weight is 284 g/mol. The Morgan fingerprint density at radius 2 is 1.10 bits per heavy atom. The Bertz CT molecular complexity index is 248. The molecule has 0 bridgehead atoms. The number of hydrogen-bond donors (Lipinski definition) is 0. The van der Waals surface area contributed by atoms with Gasteiger partial charge in [0.25, 0.3) is 0 Å². The lowest BCUT2D eigenvalue weighted by atomic mass is 10.1. The Labute approximate surface area is 122 Å². The van der Waals surface area contributed by atoms with Crippen molar-refractivity contribution < 1.29 is 14.3 Å². The fourth-order valence-electron chi connectivity index (χ4n) is 2.92. The Morgan fingerprint density at radius 1 is 0.700 bits per heavy atom. The molecule has 0 amide bonds. The molecule has 5 heteroatoms. The summed E-state index contributed by atoms with van der Waals surface area (Å²) in [5.41, 5.74) is 0. The first kappa shape index (κ1) is 15.6. The Balaban J connectivity index is 1.45. The Hall–Kier alpha value is -0.810. The number of carbonyl (C=O) groups excluding carboxylic acids is 1. The predicted molar refractivity (Wildman–Crippen MR) is 77.9 cm³/mol. The van der Waals surface area contributed by atoms with Crippen LogP contribution in [0.1, 0.15) is 38.5 Å². The summed E-state index contributed by atoms with van der Waals surface area (Å²) < 4.78 is 10.2. The van der Waals surface area contributed by atoms with Crippen LogP contribution in [0.25, 0.3) is 0 Å². The Morgan fingerprint density at radius 3 is 1.50 bits per heavy atom. The third kappa shape index (κ3) is 6.09. The van der Waals surface area contributed by atoms with Crippen LogP contribution in [0.3, 0.4) is 0 Å². The number of hydrogen-bond acceptors (Lipinski definition) is 5. The number of piperidine rings is 2. The van der Waals surface area contributed by atoms with E-state index in [1.54, 1.807) is 0 Å². The van der Waals surface area contributed by atoms with E-state index in [0.717, 1.165) is 39.3 Å². The molecule has 0 aliphatic carbocycles. The zero-order valence-electron chi connectivity index (χ0n) is 12.5. The average Bonchev–Trinajstić information content (AvgIpc) is 2.49. The molecule has 2 rings (SSSR count). The van der Waals surface area contributed by atoms with Crippen molar-refractivity contribution in [2.24, 2.45) is 0 Å². The van der Waals surface area contributed by atoms with Crippen molar-refractivity contribution in [2.75, 3.05) is 52.5 Å². The highest BCUT2D eigenvalue weighted by Crippen LogP contribution is 2.08. The fraction of sp³-hybridized carbons (Fsp3) is 0.933. The maximum absolute atomic E-state index is 11.4. The molecule has 5 nitrogen and oxygen atoms in total. The summed E-state index contributed by atoms with van der Waals surface area (Å²) in [6.07, 6.45) is 7.20. The Kier molecular flexibility index (Phi) is 7.15. The lowest BCUT2D eigenvalue weighted by molar-refractivity contribution is 0.0389. The van der Waals surface area contributed by atoms with Crippen molar-refractivity contribution >= 4 is 6.16 Å². The number of ether oxygens (including phenoxy) is 2. The molecule has 0 atom stereocenters. The second kappa shape index (κ2) is 9.19. The van der Waals surface area contributed by atoms with Crippen LogP contribution in [0.5, 0.6) is 0 Å². The summed E-state index contributed by atoms with van der Waals surface area (Å²) in [6, 6.07) is 0. The second-order valence-electron chi connectivity index (χ2n) is 5.75. The number of nitrogens with zero attached hydrogens (tertiary/aromatic N) is 2. The van der Waals surface area contributed by atoms with E-state index in [1.807, 2.05) is 0 Å². The summed E-state index contributed by atoms with van der Waals surface area (Å²) in [5.74, 6) is 0. The van der Waals surface area contributed by atoms with Crippen molar-refractivity contribution in [2.45, 2.75) is 38.5 Å². The molecule has 0 unspecified atom stereocenters. The summed E-state index contributed by atoms with van der Waals surface area (Å²) >= 11 is 0. The van der Waals surface area contributed by atoms with Crippen molar-refractivity contribution in [1.29, 1.82) is 0 Å². The van der Waals surface area contributed by atoms with Gasteiger partial charge in [0, 0.05) is 13.1 Å². The first-order valence-corrected chi connectivity index (χ1v) is 8.09. The van der Waals surface area contributed by atoms with E-state index in [0.29, 0.717) is 13.2 Å². The molecule has 0 spiro atoms. The zero-order valence-corrected chi connectivity index (χ0v) is 12.5. The van der Waals surface area contributed by atoms with Crippen LogP contribution in [0.15, 0.2) is 0 Å². The van der Waals surface area contributed by atoms with Crippen LogP contribution in [-0.2, 0) is 9.47 Å². The van der Waals surface area contributed by atoms with Gasteiger partial charge in [-0.05, 0) is 51.9 Å². The monoisotopic (exact) mass is 284 g/mol. The summed E-state index contributed by atoms with van der Waals surface area (Å²) in [7, 11) is 0. The topological polar surface area (TPSA) is 42.0 Å². The number of rotatable bonds is 6. The molecule has 20 heavy (non-hydrogen) atoms. The van der Waals surface area contributed by atoms with Crippen LogP contribution >= 0.6 is 0 Å². The maximum Gasteiger partial charge on any atom is 0.508 e. The second-order valence-corrected chi connectivity index (χ2v) is 5.75. The molecule has 0 aromatic rings. The molecule has 0 N–H and O–H groups in total. The molecular weight excluding hydrogens is 256 g/mol. The van der Waals surface area contributed by atoms with Gasteiger partial charge in [-0.15, -0.1) is 0 Å². The normalized spacial score (nSPS) is 21.6. The van der Waals surface area contributed by atoms with Gasteiger partial charge in [0.2, 0.25) is 0 Å². The quantitative estimate of drug-likeness (QED) is 0.699. The molecule has 0 saturated carbocycles.